The number of amides is 1. The van der Waals surface area contributed by atoms with Crippen LogP contribution in [0.4, 0.5) is 5.69 Å². The third-order valence-corrected chi connectivity index (χ3v) is 6.23. The smallest absolute Gasteiger partial charge is 0.246 e. The lowest BCUT2D eigenvalue weighted by atomic mass is 10.1. The molecule has 2 aromatic carbocycles. The third kappa shape index (κ3) is 5.29. The highest BCUT2D eigenvalue weighted by molar-refractivity contribution is 7.92. The van der Waals surface area contributed by atoms with Gasteiger partial charge in [0, 0.05) is 5.56 Å². The number of carbonyl (C=O) groups excluding carboxylic acids is 1. The Balaban J connectivity index is 1.73. The SMILES string of the molecule is Cc1cccc(-c2noc(CNC(=O)[C@H](C)N(c3ccc(C)c(C)c3)S(C)(=O)=O)n2)c1. The standard InChI is InChI=1S/C22H26N4O4S/c1-14-7-6-8-18(11-14)21-24-20(30-25-21)13-23-22(27)17(4)26(31(5,28)29)19-10-9-15(2)16(3)12-19/h6-12,17H,13H2,1-5H3,(H,23,27)/t17-/m0/s1. The van der Waals surface area contributed by atoms with Crippen LogP contribution in [0.2, 0.25) is 0 Å². The van der Waals surface area contributed by atoms with Gasteiger partial charge in [-0.1, -0.05) is 35.0 Å². The molecule has 0 aliphatic rings. The number of sulfonamides is 1. The molecule has 164 valence electrons. The third-order valence-electron chi connectivity index (χ3n) is 4.99. The van der Waals surface area contributed by atoms with Gasteiger partial charge in [-0.25, -0.2) is 8.42 Å². The topological polar surface area (TPSA) is 105 Å². The Labute approximate surface area is 182 Å². The first kappa shape index (κ1) is 22.5. The molecule has 1 heterocycles. The molecular weight excluding hydrogens is 416 g/mol. The highest BCUT2D eigenvalue weighted by atomic mass is 32.2. The lowest BCUT2D eigenvalue weighted by Gasteiger charge is -2.28. The van der Waals surface area contributed by atoms with Gasteiger partial charge in [0.1, 0.15) is 6.04 Å². The number of carbonyl (C=O) groups is 1. The summed E-state index contributed by atoms with van der Waals surface area (Å²) in [5.41, 5.74) is 4.29. The molecular formula is C22H26N4O4S. The highest BCUT2D eigenvalue weighted by Gasteiger charge is 2.29. The van der Waals surface area contributed by atoms with E-state index in [9.17, 15) is 13.2 Å². The predicted octanol–water partition coefficient (Wildman–Crippen LogP) is 3.13. The van der Waals surface area contributed by atoms with E-state index in [0.29, 0.717) is 11.5 Å². The molecule has 0 saturated carbocycles. The van der Waals surface area contributed by atoms with E-state index in [1.54, 1.807) is 12.1 Å². The van der Waals surface area contributed by atoms with Crippen LogP contribution >= 0.6 is 0 Å². The van der Waals surface area contributed by atoms with Crippen LogP contribution in [0.1, 0.15) is 29.5 Å². The number of rotatable bonds is 7. The molecule has 1 N–H and O–H groups in total. The Morgan fingerprint density at radius 3 is 2.52 bits per heavy atom. The van der Waals surface area contributed by atoms with Crippen molar-refractivity contribution in [3.63, 3.8) is 0 Å². The normalized spacial score (nSPS) is 12.4. The van der Waals surface area contributed by atoms with Gasteiger partial charge in [0.05, 0.1) is 18.5 Å². The van der Waals surface area contributed by atoms with E-state index >= 15 is 0 Å². The number of anilines is 1. The largest absolute Gasteiger partial charge is 0.345 e. The van der Waals surface area contributed by atoms with Crippen molar-refractivity contribution in [2.45, 2.75) is 40.3 Å². The summed E-state index contributed by atoms with van der Waals surface area (Å²) in [7, 11) is -3.69. The second kappa shape index (κ2) is 8.89. The van der Waals surface area contributed by atoms with Gasteiger partial charge in [-0.3, -0.25) is 9.10 Å². The number of aromatic nitrogens is 2. The first-order chi connectivity index (χ1) is 14.6. The second-order valence-corrected chi connectivity index (χ2v) is 9.46. The maximum absolute atomic E-state index is 12.7. The number of nitrogens with zero attached hydrogens (tertiary/aromatic N) is 3. The van der Waals surface area contributed by atoms with Gasteiger partial charge >= 0.3 is 0 Å². The van der Waals surface area contributed by atoms with Crippen LogP contribution in [0.5, 0.6) is 0 Å². The minimum Gasteiger partial charge on any atom is -0.345 e. The van der Waals surface area contributed by atoms with Crippen LogP contribution in [0, 0.1) is 20.8 Å². The summed E-state index contributed by atoms with van der Waals surface area (Å²) in [5, 5.41) is 6.63. The molecule has 8 nitrogen and oxygen atoms in total. The van der Waals surface area contributed by atoms with Crippen molar-refractivity contribution in [3.05, 3.63) is 65.0 Å². The molecule has 3 rings (SSSR count). The van der Waals surface area contributed by atoms with Gasteiger partial charge in [0.2, 0.25) is 27.6 Å². The second-order valence-electron chi connectivity index (χ2n) is 7.60. The van der Waals surface area contributed by atoms with Crippen LogP contribution in [-0.2, 0) is 21.4 Å². The van der Waals surface area contributed by atoms with E-state index in [-0.39, 0.29) is 12.4 Å². The molecule has 0 saturated heterocycles. The number of hydrogen-bond donors (Lipinski definition) is 1. The van der Waals surface area contributed by atoms with Crippen LogP contribution in [0.25, 0.3) is 11.4 Å². The van der Waals surface area contributed by atoms with E-state index in [4.69, 9.17) is 4.52 Å². The molecule has 3 aromatic rings. The number of hydrogen-bond acceptors (Lipinski definition) is 6. The average molecular weight is 443 g/mol. The molecule has 0 aliphatic carbocycles. The van der Waals surface area contributed by atoms with E-state index in [1.807, 2.05) is 51.1 Å². The Hall–Kier alpha value is -3.20. The predicted molar refractivity (Wildman–Crippen MR) is 119 cm³/mol. The van der Waals surface area contributed by atoms with E-state index < -0.39 is 22.0 Å². The summed E-state index contributed by atoms with van der Waals surface area (Å²) in [5.74, 6) is 0.182. The van der Waals surface area contributed by atoms with Crippen molar-refractivity contribution in [2.24, 2.45) is 0 Å². The zero-order chi connectivity index (χ0) is 22.8. The van der Waals surface area contributed by atoms with Gasteiger partial charge in [0.15, 0.2) is 0 Å². The molecule has 0 spiro atoms. The summed E-state index contributed by atoms with van der Waals surface area (Å²) in [6.45, 7) is 7.33. The molecule has 1 atom stereocenters. The monoisotopic (exact) mass is 442 g/mol. The van der Waals surface area contributed by atoms with Crippen molar-refractivity contribution < 1.29 is 17.7 Å². The van der Waals surface area contributed by atoms with Crippen LogP contribution < -0.4 is 9.62 Å². The van der Waals surface area contributed by atoms with Crippen molar-refractivity contribution in [1.82, 2.24) is 15.5 Å². The minimum atomic E-state index is -3.69. The molecule has 0 fully saturated rings. The summed E-state index contributed by atoms with van der Waals surface area (Å²) in [6, 6.07) is 12.0. The molecule has 0 aliphatic heterocycles. The molecule has 0 radical (unpaired) electrons. The van der Waals surface area contributed by atoms with Crippen molar-refractivity contribution in [2.75, 3.05) is 10.6 Å². The van der Waals surface area contributed by atoms with Gasteiger partial charge < -0.3 is 9.84 Å². The highest BCUT2D eigenvalue weighted by Crippen LogP contribution is 2.24. The van der Waals surface area contributed by atoms with Gasteiger partial charge in [0.25, 0.3) is 0 Å². The first-order valence-corrected chi connectivity index (χ1v) is 11.6. The van der Waals surface area contributed by atoms with Crippen LogP contribution in [0.15, 0.2) is 47.0 Å². The van der Waals surface area contributed by atoms with Crippen LogP contribution in [0.3, 0.4) is 0 Å². The number of benzene rings is 2. The van der Waals surface area contributed by atoms with Crippen molar-refractivity contribution in [1.29, 1.82) is 0 Å². The van der Waals surface area contributed by atoms with Gasteiger partial charge in [-0.15, -0.1) is 0 Å². The molecule has 0 bridgehead atoms. The zero-order valence-corrected chi connectivity index (χ0v) is 19.0. The summed E-state index contributed by atoms with van der Waals surface area (Å²) >= 11 is 0. The van der Waals surface area contributed by atoms with E-state index in [2.05, 4.69) is 15.5 Å². The first-order valence-electron chi connectivity index (χ1n) is 9.80. The zero-order valence-electron chi connectivity index (χ0n) is 18.2. The van der Waals surface area contributed by atoms with Gasteiger partial charge in [-0.05, 0) is 57.0 Å². The van der Waals surface area contributed by atoms with E-state index in [1.165, 1.54) is 6.92 Å². The van der Waals surface area contributed by atoms with E-state index in [0.717, 1.165) is 32.8 Å². The maximum Gasteiger partial charge on any atom is 0.246 e. The van der Waals surface area contributed by atoms with Crippen LogP contribution in [-0.4, -0.2) is 36.8 Å². The number of nitrogens with one attached hydrogen (secondary N) is 1. The molecule has 9 heteroatoms. The Morgan fingerprint density at radius 1 is 1.13 bits per heavy atom. The Kier molecular flexibility index (Phi) is 6.45. The maximum atomic E-state index is 12.7. The Bertz CT molecular complexity index is 1200. The van der Waals surface area contributed by atoms with Gasteiger partial charge in [-0.2, -0.15) is 4.98 Å². The lowest BCUT2D eigenvalue weighted by Crippen LogP contribution is -2.47. The fourth-order valence-electron chi connectivity index (χ4n) is 3.21. The molecule has 1 aromatic heterocycles. The fourth-order valence-corrected chi connectivity index (χ4v) is 4.38. The minimum absolute atomic E-state index is 0.00742. The quantitative estimate of drug-likeness (QED) is 0.603. The number of aryl methyl sites for hydroxylation is 3. The lowest BCUT2D eigenvalue weighted by molar-refractivity contribution is -0.122. The molecule has 0 unspecified atom stereocenters. The van der Waals surface area contributed by atoms with Crippen molar-refractivity contribution >= 4 is 21.6 Å². The molecule has 31 heavy (non-hydrogen) atoms. The van der Waals surface area contributed by atoms with Crippen molar-refractivity contribution in [3.8, 4) is 11.4 Å². The summed E-state index contributed by atoms with van der Waals surface area (Å²) in [6.07, 6.45) is 1.08. The summed E-state index contributed by atoms with van der Waals surface area (Å²) in [4.78, 5) is 17.0. The fraction of sp³-hybridized carbons (Fsp3) is 0.318. The summed E-state index contributed by atoms with van der Waals surface area (Å²) < 4.78 is 31.2. The average Bonchev–Trinajstić information content (AvgIpc) is 3.17. The Morgan fingerprint density at radius 2 is 1.87 bits per heavy atom. The molecule has 1 amide bonds.